The number of hydrogen-bond donors (Lipinski definition) is 0. The third kappa shape index (κ3) is 3.94. The highest BCUT2D eigenvalue weighted by atomic mass is 35.5. The molecule has 4 nitrogen and oxygen atoms in total. The number of ether oxygens (including phenoxy) is 1. The highest BCUT2D eigenvalue weighted by Crippen LogP contribution is 2.39. The molecule has 30 heavy (non-hydrogen) atoms. The number of carbonyl (C=O) groups is 1. The smallest absolute Gasteiger partial charge is 0.395 e. The summed E-state index contributed by atoms with van der Waals surface area (Å²) in [4.78, 5) is 17.4. The molecule has 1 aliphatic carbocycles. The van der Waals surface area contributed by atoms with Crippen LogP contribution in [0.5, 0.6) is 5.75 Å². The summed E-state index contributed by atoms with van der Waals surface area (Å²) in [5.74, 6) is -1.44. The molecule has 0 saturated heterocycles. The Hall–Kier alpha value is -2.45. The van der Waals surface area contributed by atoms with Gasteiger partial charge in [-0.3, -0.25) is 4.79 Å². The topological polar surface area (TPSA) is 32.8 Å². The van der Waals surface area contributed by atoms with E-state index in [4.69, 9.17) is 16.3 Å². The molecule has 2 aromatic rings. The lowest BCUT2D eigenvalue weighted by Gasteiger charge is -2.35. The van der Waals surface area contributed by atoms with Gasteiger partial charge in [0.05, 0.1) is 22.3 Å². The zero-order valence-electron chi connectivity index (χ0n) is 15.9. The Balaban J connectivity index is 1.56. The minimum Gasteiger partial charge on any atom is -0.454 e. The van der Waals surface area contributed by atoms with Crippen LogP contribution in [-0.4, -0.2) is 32.2 Å². The van der Waals surface area contributed by atoms with Gasteiger partial charge in [-0.25, -0.2) is 0 Å². The monoisotopic (exact) mass is 454 g/mol. The molecule has 2 heterocycles. The minimum atomic E-state index is -4.36. The van der Waals surface area contributed by atoms with Crippen molar-refractivity contribution < 1.29 is 22.7 Å². The highest BCUT2D eigenvalue weighted by Gasteiger charge is 2.39. The van der Waals surface area contributed by atoms with Crippen molar-refractivity contribution in [2.75, 3.05) is 29.9 Å². The number of hydrogen-bond acceptors (Lipinski definition) is 4. The highest BCUT2D eigenvalue weighted by molar-refractivity contribution is 7.12. The van der Waals surface area contributed by atoms with Crippen LogP contribution >= 0.6 is 22.9 Å². The summed E-state index contributed by atoms with van der Waals surface area (Å²) in [7, 11) is 1.97. The lowest BCUT2D eigenvalue weighted by molar-refractivity contribution is -0.160. The predicted octanol–water partition coefficient (Wildman–Crippen LogP) is 5.81. The first-order valence-corrected chi connectivity index (χ1v) is 10.5. The van der Waals surface area contributed by atoms with Crippen LogP contribution in [-0.2, 0) is 0 Å². The second-order valence-corrected chi connectivity index (χ2v) is 8.37. The molecule has 1 atom stereocenters. The first-order valence-electron chi connectivity index (χ1n) is 9.27. The molecule has 1 aliphatic heterocycles. The predicted molar refractivity (Wildman–Crippen MR) is 113 cm³/mol. The quantitative estimate of drug-likeness (QED) is 0.586. The maximum absolute atomic E-state index is 13.3. The molecule has 1 aromatic carbocycles. The summed E-state index contributed by atoms with van der Waals surface area (Å²) in [5.41, 5.74) is 1.76. The number of carbonyl (C=O) groups excluding carboxylic acids is 1. The van der Waals surface area contributed by atoms with Crippen LogP contribution < -0.4 is 14.5 Å². The molecule has 0 spiro atoms. The summed E-state index contributed by atoms with van der Waals surface area (Å²) in [5, 5.41) is 1.60. The number of rotatable bonds is 3. The van der Waals surface area contributed by atoms with Gasteiger partial charge >= 0.3 is 6.18 Å². The first kappa shape index (κ1) is 20.8. The Morgan fingerprint density at radius 1 is 1.20 bits per heavy atom. The normalized spacial score (nSPS) is 19.2. The van der Waals surface area contributed by atoms with E-state index in [0.29, 0.717) is 18.0 Å². The van der Waals surface area contributed by atoms with Gasteiger partial charge < -0.3 is 14.5 Å². The molecule has 0 fully saturated rings. The number of amides is 1. The molecule has 1 aromatic heterocycles. The molecule has 1 amide bonds. The number of allylic oxidation sites excluding steroid dienone is 3. The van der Waals surface area contributed by atoms with Gasteiger partial charge in [-0.05, 0) is 42.2 Å². The third-order valence-electron chi connectivity index (χ3n) is 5.09. The molecule has 9 heteroatoms. The Labute approximate surface area is 180 Å². The number of fused-ring (bicyclic) bond motifs is 1. The maximum atomic E-state index is 13.3. The van der Waals surface area contributed by atoms with E-state index >= 15 is 0 Å². The largest absolute Gasteiger partial charge is 0.454 e. The summed E-state index contributed by atoms with van der Waals surface area (Å²) in [6, 6.07) is 9.26. The van der Waals surface area contributed by atoms with Crippen LogP contribution in [0.2, 0.25) is 0 Å². The van der Waals surface area contributed by atoms with Crippen molar-refractivity contribution in [1.29, 1.82) is 0 Å². The average molecular weight is 455 g/mol. The molecule has 0 bridgehead atoms. The molecule has 4 rings (SSSR count). The minimum absolute atomic E-state index is 0.113. The molecule has 0 N–H and O–H groups in total. The number of nitrogens with zero attached hydrogens (tertiary/aromatic N) is 2. The van der Waals surface area contributed by atoms with Crippen molar-refractivity contribution in [3.05, 3.63) is 63.5 Å². The molecule has 2 aliphatic rings. The lowest BCUT2D eigenvalue weighted by atomic mass is 9.99. The van der Waals surface area contributed by atoms with Gasteiger partial charge in [-0.1, -0.05) is 23.7 Å². The van der Waals surface area contributed by atoms with Crippen LogP contribution in [0.4, 0.5) is 24.5 Å². The van der Waals surface area contributed by atoms with Gasteiger partial charge in [0.2, 0.25) is 0 Å². The molecule has 1 unspecified atom stereocenters. The number of benzene rings is 1. The summed E-state index contributed by atoms with van der Waals surface area (Å²) < 4.78 is 44.5. The second kappa shape index (κ2) is 8.00. The van der Waals surface area contributed by atoms with Gasteiger partial charge in [-0.2, -0.15) is 13.2 Å². The van der Waals surface area contributed by atoms with Crippen LogP contribution in [0.3, 0.4) is 0 Å². The average Bonchev–Trinajstić information content (AvgIpc) is 3.17. The van der Waals surface area contributed by atoms with Crippen LogP contribution in [0.1, 0.15) is 16.1 Å². The Morgan fingerprint density at radius 3 is 2.63 bits per heavy atom. The molecule has 158 valence electrons. The van der Waals surface area contributed by atoms with E-state index in [1.165, 1.54) is 17.4 Å². The van der Waals surface area contributed by atoms with E-state index in [1.54, 1.807) is 16.3 Å². The van der Waals surface area contributed by atoms with Gasteiger partial charge in [0.15, 0.2) is 5.75 Å². The molecular weight excluding hydrogens is 437 g/mol. The van der Waals surface area contributed by atoms with Crippen molar-refractivity contribution >= 4 is 40.2 Å². The van der Waals surface area contributed by atoms with E-state index in [1.807, 2.05) is 31.3 Å². The van der Waals surface area contributed by atoms with E-state index in [0.717, 1.165) is 17.5 Å². The van der Waals surface area contributed by atoms with Crippen molar-refractivity contribution in [3.8, 4) is 5.75 Å². The summed E-state index contributed by atoms with van der Waals surface area (Å²) in [6.45, 7) is 1.20. The standard InChI is InChI=1S/C21H18ClF3N2O2S/c1-26-9-10-27(16-5-3-2-4-15(16)26)20(28)19-18(8-11-30-19)29-17-7-6-13(12-14(17)22)21(23,24)25/h2-5,7-8,11-13H,6,9-10H2,1H3. The summed E-state index contributed by atoms with van der Waals surface area (Å²) in [6.07, 6.45) is -2.35. The SMILES string of the molecule is CN1CCN(C(=O)c2sccc2OC2=CCC(C(F)(F)F)C=C2Cl)c2ccccc21. The zero-order chi connectivity index (χ0) is 21.5. The van der Waals surface area contributed by atoms with Gasteiger partial charge in [-0.15, -0.1) is 11.3 Å². The maximum Gasteiger partial charge on any atom is 0.395 e. The number of para-hydroxylation sites is 2. The number of anilines is 2. The van der Waals surface area contributed by atoms with Crippen molar-refractivity contribution in [2.45, 2.75) is 12.6 Å². The van der Waals surface area contributed by atoms with Crippen LogP contribution in [0.25, 0.3) is 0 Å². The van der Waals surface area contributed by atoms with Crippen molar-refractivity contribution in [1.82, 2.24) is 0 Å². The van der Waals surface area contributed by atoms with Crippen LogP contribution in [0, 0.1) is 5.92 Å². The Bertz CT molecular complexity index is 1030. The number of thiophene rings is 1. The fraction of sp³-hybridized carbons (Fsp3) is 0.286. The molecule has 0 radical (unpaired) electrons. The van der Waals surface area contributed by atoms with Gasteiger partial charge in [0.1, 0.15) is 10.6 Å². The second-order valence-electron chi connectivity index (χ2n) is 7.05. The number of halogens is 4. The van der Waals surface area contributed by atoms with E-state index in [9.17, 15) is 18.0 Å². The Morgan fingerprint density at radius 2 is 1.93 bits per heavy atom. The molecular formula is C21H18ClF3N2O2S. The van der Waals surface area contributed by atoms with Crippen molar-refractivity contribution in [2.24, 2.45) is 5.92 Å². The lowest BCUT2D eigenvalue weighted by Crippen LogP contribution is -2.42. The number of alkyl halides is 3. The Kier molecular flexibility index (Phi) is 5.55. The van der Waals surface area contributed by atoms with E-state index in [2.05, 4.69) is 4.90 Å². The third-order valence-corrected chi connectivity index (χ3v) is 6.29. The zero-order valence-corrected chi connectivity index (χ0v) is 17.5. The van der Waals surface area contributed by atoms with Gasteiger partial charge in [0, 0.05) is 20.1 Å². The van der Waals surface area contributed by atoms with Crippen LogP contribution in [0.15, 0.2) is 58.7 Å². The van der Waals surface area contributed by atoms with E-state index < -0.39 is 12.1 Å². The number of likely N-dealkylation sites (N-methyl/N-ethyl adjacent to an activating group) is 1. The molecule has 0 saturated carbocycles. The fourth-order valence-electron chi connectivity index (χ4n) is 3.47. The van der Waals surface area contributed by atoms with E-state index in [-0.39, 0.29) is 28.9 Å². The first-order chi connectivity index (χ1) is 14.3. The van der Waals surface area contributed by atoms with Crippen molar-refractivity contribution in [3.63, 3.8) is 0 Å². The van der Waals surface area contributed by atoms with Gasteiger partial charge in [0.25, 0.3) is 5.91 Å². The fourth-order valence-corrected chi connectivity index (χ4v) is 4.50. The summed E-state index contributed by atoms with van der Waals surface area (Å²) >= 11 is 7.26.